The van der Waals surface area contributed by atoms with Crippen LogP contribution in [0.1, 0.15) is 5.56 Å². The van der Waals surface area contributed by atoms with E-state index in [-0.39, 0.29) is 10.7 Å². The second-order valence-corrected chi connectivity index (χ2v) is 9.13. The molecule has 0 aliphatic carbocycles. The van der Waals surface area contributed by atoms with Gasteiger partial charge in [0.25, 0.3) is 10.0 Å². The first-order chi connectivity index (χ1) is 15.4. The molecule has 0 N–H and O–H groups in total. The summed E-state index contributed by atoms with van der Waals surface area (Å²) in [5, 5.41) is 0.514. The van der Waals surface area contributed by atoms with Crippen LogP contribution in [0.5, 0.6) is 5.75 Å². The minimum atomic E-state index is -4.02. The molecular weight excluding hydrogens is 428 g/mol. The Morgan fingerprint density at radius 3 is 2.47 bits per heavy atom. The third kappa shape index (κ3) is 3.16. The van der Waals surface area contributed by atoms with Gasteiger partial charge >= 0.3 is 5.63 Å². The molecule has 0 saturated carbocycles. The number of ether oxygens (including phenoxy) is 1. The Morgan fingerprint density at radius 2 is 1.72 bits per heavy atom. The van der Waals surface area contributed by atoms with E-state index in [1.165, 1.54) is 17.1 Å². The minimum Gasteiger partial charge on any atom is -0.497 e. The maximum absolute atomic E-state index is 13.8. The van der Waals surface area contributed by atoms with Gasteiger partial charge in [-0.2, -0.15) is 0 Å². The molecule has 0 unspecified atom stereocenters. The van der Waals surface area contributed by atoms with E-state index in [2.05, 4.69) is 4.98 Å². The molecule has 0 radical (unpaired) electrons. The van der Waals surface area contributed by atoms with Crippen molar-refractivity contribution >= 4 is 32.0 Å². The molecule has 5 aromatic rings. The summed E-state index contributed by atoms with van der Waals surface area (Å²) in [5.41, 5.74) is 1.87. The molecule has 0 amide bonds. The van der Waals surface area contributed by atoms with Crippen LogP contribution in [-0.4, -0.2) is 24.5 Å². The average Bonchev–Trinajstić information content (AvgIpc) is 3.19. The highest BCUT2D eigenvalue weighted by molar-refractivity contribution is 7.90. The van der Waals surface area contributed by atoms with E-state index in [1.807, 2.05) is 6.92 Å². The molecule has 5 rings (SSSR count). The van der Waals surface area contributed by atoms with Crippen LogP contribution in [0.3, 0.4) is 0 Å². The fourth-order valence-corrected chi connectivity index (χ4v) is 5.16. The molecule has 160 valence electrons. The quantitative estimate of drug-likeness (QED) is 0.381. The Bertz CT molecular complexity index is 1650. The van der Waals surface area contributed by atoms with Gasteiger partial charge in [0, 0.05) is 17.0 Å². The summed E-state index contributed by atoms with van der Waals surface area (Å²) < 4.78 is 39.3. The van der Waals surface area contributed by atoms with E-state index in [0.29, 0.717) is 33.3 Å². The van der Waals surface area contributed by atoms with Gasteiger partial charge in [0.1, 0.15) is 11.3 Å². The molecular formula is C24H18N2O5S. The summed E-state index contributed by atoms with van der Waals surface area (Å²) in [7, 11) is -2.50. The maximum atomic E-state index is 13.8. The highest BCUT2D eigenvalue weighted by atomic mass is 32.2. The topological polar surface area (TPSA) is 91.4 Å². The lowest BCUT2D eigenvalue weighted by molar-refractivity contribution is 0.415. The SMILES string of the molecule is COc1ccc2oc(=O)cc(-c3nc4ccccc4n3S(=O)(=O)c3ccc(C)cc3)c2c1. The van der Waals surface area contributed by atoms with Crippen molar-refractivity contribution < 1.29 is 17.6 Å². The van der Waals surface area contributed by atoms with Crippen molar-refractivity contribution in [3.05, 3.63) is 88.8 Å². The summed E-state index contributed by atoms with van der Waals surface area (Å²) in [4.78, 5) is 17.1. The van der Waals surface area contributed by atoms with Gasteiger partial charge in [-0.3, -0.25) is 0 Å². The predicted octanol–water partition coefficient (Wildman–Crippen LogP) is 4.36. The van der Waals surface area contributed by atoms with Gasteiger partial charge in [0.15, 0.2) is 5.82 Å². The second kappa shape index (κ2) is 7.35. The molecule has 3 aromatic carbocycles. The van der Waals surface area contributed by atoms with Crippen LogP contribution < -0.4 is 10.4 Å². The summed E-state index contributed by atoms with van der Waals surface area (Å²) in [6.45, 7) is 1.89. The van der Waals surface area contributed by atoms with Gasteiger partial charge in [-0.1, -0.05) is 29.8 Å². The van der Waals surface area contributed by atoms with E-state index in [1.54, 1.807) is 66.7 Å². The summed E-state index contributed by atoms with van der Waals surface area (Å²) in [6.07, 6.45) is 0. The molecule has 2 aromatic heterocycles. The zero-order chi connectivity index (χ0) is 22.5. The Hall–Kier alpha value is -3.91. The van der Waals surface area contributed by atoms with Crippen molar-refractivity contribution in [1.29, 1.82) is 0 Å². The number of aromatic nitrogens is 2. The number of fused-ring (bicyclic) bond motifs is 2. The molecule has 0 fully saturated rings. The molecule has 0 saturated heterocycles. The highest BCUT2D eigenvalue weighted by Crippen LogP contribution is 2.34. The number of hydrogen-bond acceptors (Lipinski definition) is 6. The molecule has 8 heteroatoms. The minimum absolute atomic E-state index is 0.123. The van der Waals surface area contributed by atoms with Crippen LogP contribution in [-0.2, 0) is 10.0 Å². The number of imidazole rings is 1. The van der Waals surface area contributed by atoms with E-state index in [4.69, 9.17) is 9.15 Å². The largest absolute Gasteiger partial charge is 0.497 e. The third-order valence-corrected chi connectivity index (χ3v) is 6.99. The van der Waals surface area contributed by atoms with Crippen molar-refractivity contribution in [3.63, 3.8) is 0 Å². The Morgan fingerprint density at radius 1 is 0.969 bits per heavy atom. The first kappa shape index (κ1) is 20.0. The van der Waals surface area contributed by atoms with Crippen LogP contribution in [0, 0.1) is 6.92 Å². The van der Waals surface area contributed by atoms with Crippen molar-refractivity contribution in [2.45, 2.75) is 11.8 Å². The van der Waals surface area contributed by atoms with Crippen molar-refractivity contribution in [3.8, 4) is 17.1 Å². The van der Waals surface area contributed by atoms with Crippen LogP contribution >= 0.6 is 0 Å². The number of rotatable bonds is 4. The molecule has 2 heterocycles. The van der Waals surface area contributed by atoms with Crippen LogP contribution in [0.2, 0.25) is 0 Å². The zero-order valence-corrected chi connectivity index (χ0v) is 18.1. The summed E-state index contributed by atoms with van der Waals surface area (Å²) in [6, 6.07) is 19.8. The first-order valence-corrected chi connectivity index (χ1v) is 11.2. The normalized spacial score (nSPS) is 11.8. The molecule has 0 aliphatic heterocycles. The Labute approximate surface area is 183 Å². The van der Waals surface area contributed by atoms with Crippen molar-refractivity contribution in [2.75, 3.05) is 7.11 Å². The highest BCUT2D eigenvalue weighted by Gasteiger charge is 2.26. The lowest BCUT2D eigenvalue weighted by Gasteiger charge is -2.12. The standard InChI is InChI=1S/C24H18N2O5S/c1-15-7-10-17(11-8-15)32(28,29)26-21-6-4-3-5-20(21)25-24(26)19-14-23(27)31-22-12-9-16(30-2)13-18(19)22/h3-14H,1-2H3. The van der Waals surface area contributed by atoms with Gasteiger partial charge in [0.05, 0.1) is 23.0 Å². The van der Waals surface area contributed by atoms with E-state index in [0.717, 1.165) is 5.56 Å². The van der Waals surface area contributed by atoms with Crippen molar-refractivity contribution in [1.82, 2.24) is 8.96 Å². The third-order valence-electron chi connectivity index (χ3n) is 5.27. The molecule has 0 bridgehead atoms. The fourth-order valence-electron chi connectivity index (χ4n) is 3.69. The number of aryl methyl sites for hydroxylation is 1. The van der Waals surface area contributed by atoms with Gasteiger partial charge in [-0.25, -0.2) is 22.2 Å². The lowest BCUT2D eigenvalue weighted by Crippen LogP contribution is -2.15. The first-order valence-electron chi connectivity index (χ1n) is 9.80. The van der Waals surface area contributed by atoms with Crippen LogP contribution in [0.15, 0.2) is 86.9 Å². The number of hydrogen-bond donors (Lipinski definition) is 0. The molecule has 0 spiro atoms. The predicted molar refractivity (Wildman–Crippen MR) is 122 cm³/mol. The van der Waals surface area contributed by atoms with Gasteiger partial charge < -0.3 is 9.15 Å². The van der Waals surface area contributed by atoms with Crippen LogP contribution in [0.4, 0.5) is 0 Å². The molecule has 0 atom stereocenters. The molecule has 0 aliphatic rings. The zero-order valence-electron chi connectivity index (χ0n) is 17.3. The van der Waals surface area contributed by atoms with Gasteiger partial charge in [0.2, 0.25) is 0 Å². The van der Waals surface area contributed by atoms with E-state index < -0.39 is 15.6 Å². The number of nitrogens with zero attached hydrogens (tertiary/aromatic N) is 2. The maximum Gasteiger partial charge on any atom is 0.336 e. The average molecular weight is 446 g/mol. The van der Waals surface area contributed by atoms with Gasteiger partial charge in [-0.15, -0.1) is 0 Å². The summed E-state index contributed by atoms with van der Waals surface area (Å²) >= 11 is 0. The van der Waals surface area contributed by atoms with E-state index >= 15 is 0 Å². The lowest BCUT2D eigenvalue weighted by atomic mass is 10.1. The number of benzene rings is 3. The van der Waals surface area contributed by atoms with Crippen LogP contribution in [0.25, 0.3) is 33.4 Å². The monoisotopic (exact) mass is 446 g/mol. The fraction of sp³-hybridized carbons (Fsp3) is 0.0833. The smallest absolute Gasteiger partial charge is 0.336 e. The van der Waals surface area contributed by atoms with Gasteiger partial charge in [-0.05, 0) is 49.4 Å². The second-order valence-electron chi connectivity index (χ2n) is 7.35. The number of para-hydroxylation sites is 2. The Balaban J connectivity index is 1.90. The molecule has 32 heavy (non-hydrogen) atoms. The van der Waals surface area contributed by atoms with E-state index in [9.17, 15) is 13.2 Å². The number of methoxy groups -OCH3 is 1. The summed E-state index contributed by atoms with van der Waals surface area (Å²) in [5.74, 6) is 0.662. The van der Waals surface area contributed by atoms with Crippen molar-refractivity contribution in [2.24, 2.45) is 0 Å². The molecule has 7 nitrogen and oxygen atoms in total. The Kier molecular flexibility index (Phi) is 4.60.